The van der Waals surface area contributed by atoms with Gasteiger partial charge in [-0.2, -0.15) is 0 Å². The molecule has 0 spiro atoms. The van der Waals surface area contributed by atoms with Crippen molar-refractivity contribution in [2.75, 3.05) is 14.2 Å². The van der Waals surface area contributed by atoms with E-state index in [9.17, 15) is 19.7 Å². The number of likely N-dealkylation sites (N-methyl/N-ethyl adjacent to an activating group) is 1. The van der Waals surface area contributed by atoms with Crippen LogP contribution in [0.2, 0.25) is 5.02 Å². The minimum atomic E-state index is -0.903. The van der Waals surface area contributed by atoms with Crippen LogP contribution in [0.1, 0.15) is 21.5 Å². The number of esters is 1. The summed E-state index contributed by atoms with van der Waals surface area (Å²) in [6.45, 7) is 1.76. The number of non-ortho nitro benzene ring substituents is 1. The van der Waals surface area contributed by atoms with Gasteiger partial charge in [-0.25, -0.2) is 4.79 Å². The fourth-order valence-electron chi connectivity index (χ4n) is 2.71. The first-order chi connectivity index (χ1) is 12.8. The van der Waals surface area contributed by atoms with Gasteiger partial charge in [-0.05, 0) is 24.1 Å². The van der Waals surface area contributed by atoms with Crippen LogP contribution in [0.5, 0.6) is 0 Å². The van der Waals surface area contributed by atoms with E-state index in [4.69, 9.17) is 16.3 Å². The first-order valence-electron chi connectivity index (χ1n) is 8.09. The fourth-order valence-corrected chi connectivity index (χ4v) is 3.01. The van der Waals surface area contributed by atoms with E-state index in [1.165, 1.54) is 31.2 Å². The third-order valence-corrected chi connectivity index (χ3v) is 4.59. The Morgan fingerprint density at radius 2 is 1.85 bits per heavy atom. The first kappa shape index (κ1) is 20.4. The van der Waals surface area contributed by atoms with Crippen molar-refractivity contribution in [2.24, 2.45) is 0 Å². The number of aryl methyl sites for hydroxylation is 1. The van der Waals surface area contributed by atoms with E-state index in [1.54, 1.807) is 37.3 Å². The second kappa shape index (κ2) is 8.64. The molecule has 0 radical (unpaired) electrons. The smallest absolute Gasteiger partial charge is 0.328 e. The van der Waals surface area contributed by atoms with Crippen molar-refractivity contribution in [3.8, 4) is 0 Å². The molecule has 0 aliphatic rings. The first-order valence-corrected chi connectivity index (χ1v) is 8.47. The number of nitro benzene ring substituents is 1. The molecule has 2 aromatic rings. The molecule has 27 heavy (non-hydrogen) atoms. The topological polar surface area (TPSA) is 89.8 Å². The van der Waals surface area contributed by atoms with Crippen LogP contribution in [0.3, 0.4) is 0 Å². The summed E-state index contributed by atoms with van der Waals surface area (Å²) >= 11 is 6.17. The molecular weight excluding hydrogens is 372 g/mol. The number of nitrogens with zero attached hydrogens (tertiary/aromatic N) is 2. The van der Waals surface area contributed by atoms with Crippen LogP contribution in [0.4, 0.5) is 5.69 Å². The number of rotatable bonds is 6. The average molecular weight is 391 g/mol. The van der Waals surface area contributed by atoms with Crippen LogP contribution in [0.25, 0.3) is 0 Å². The maximum Gasteiger partial charge on any atom is 0.328 e. The number of benzene rings is 2. The van der Waals surface area contributed by atoms with E-state index in [0.29, 0.717) is 21.7 Å². The number of amides is 1. The normalized spacial score (nSPS) is 11.6. The Bertz CT molecular complexity index is 847. The zero-order valence-corrected chi connectivity index (χ0v) is 15.9. The van der Waals surface area contributed by atoms with Crippen LogP contribution in [0, 0.1) is 17.0 Å². The van der Waals surface area contributed by atoms with E-state index < -0.39 is 22.8 Å². The highest BCUT2D eigenvalue weighted by atomic mass is 35.5. The lowest BCUT2D eigenvalue weighted by Gasteiger charge is -2.27. The van der Waals surface area contributed by atoms with E-state index in [2.05, 4.69) is 0 Å². The molecule has 2 rings (SSSR count). The molecule has 0 heterocycles. The lowest BCUT2D eigenvalue weighted by atomic mass is 10.0. The maximum atomic E-state index is 12.9. The van der Waals surface area contributed by atoms with Crippen LogP contribution < -0.4 is 0 Å². The highest BCUT2D eigenvalue weighted by Crippen LogP contribution is 2.23. The summed E-state index contributed by atoms with van der Waals surface area (Å²) < 4.78 is 4.84. The number of halogens is 1. The average Bonchev–Trinajstić information content (AvgIpc) is 2.65. The van der Waals surface area contributed by atoms with Gasteiger partial charge in [-0.15, -0.1) is 0 Å². The SMILES string of the molecule is COC(=O)C(Cc1ccc([N+](=O)[O-])cc1)N(C)C(=O)c1c(C)cccc1Cl. The number of methoxy groups -OCH3 is 1. The predicted molar refractivity (Wildman–Crippen MR) is 101 cm³/mol. The Morgan fingerprint density at radius 1 is 1.22 bits per heavy atom. The molecule has 1 unspecified atom stereocenters. The Kier molecular flexibility index (Phi) is 6.52. The predicted octanol–water partition coefficient (Wildman–Crippen LogP) is 3.41. The summed E-state index contributed by atoms with van der Waals surface area (Å²) in [5, 5.41) is 11.1. The fraction of sp³-hybridized carbons (Fsp3) is 0.263. The highest BCUT2D eigenvalue weighted by molar-refractivity contribution is 6.34. The van der Waals surface area contributed by atoms with Gasteiger partial charge >= 0.3 is 5.97 Å². The number of carbonyl (C=O) groups excluding carboxylic acids is 2. The van der Waals surface area contributed by atoms with Crippen LogP contribution >= 0.6 is 11.6 Å². The lowest BCUT2D eigenvalue weighted by molar-refractivity contribution is -0.384. The van der Waals surface area contributed by atoms with Gasteiger partial charge in [0, 0.05) is 25.6 Å². The summed E-state index contributed by atoms with van der Waals surface area (Å²) in [6.07, 6.45) is 0.149. The number of ether oxygens (including phenoxy) is 1. The quantitative estimate of drug-likeness (QED) is 0.428. The van der Waals surface area contributed by atoms with Gasteiger partial charge in [0.05, 0.1) is 22.6 Å². The van der Waals surface area contributed by atoms with Crippen molar-refractivity contribution in [2.45, 2.75) is 19.4 Å². The van der Waals surface area contributed by atoms with Crippen molar-refractivity contribution in [1.29, 1.82) is 0 Å². The molecule has 7 nitrogen and oxygen atoms in total. The van der Waals surface area contributed by atoms with Crippen molar-refractivity contribution in [1.82, 2.24) is 4.90 Å². The highest BCUT2D eigenvalue weighted by Gasteiger charge is 2.30. The molecular formula is C19H19ClN2O5. The number of hydrogen-bond donors (Lipinski definition) is 0. The van der Waals surface area contributed by atoms with Crippen molar-refractivity contribution in [3.05, 3.63) is 74.3 Å². The second-order valence-electron chi connectivity index (χ2n) is 6.01. The van der Waals surface area contributed by atoms with Crippen LogP contribution in [0.15, 0.2) is 42.5 Å². The third-order valence-electron chi connectivity index (χ3n) is 4.27. The molecule has 8 heteroatoms. The van der Waals surface area contributed by atoms with Gasteiger partial charge in [0.1, 0.15) is 6.04 Å². The standard InChI is InChI=1S/C19H19ClN2O5/c1-12-5-4-6-15(20)17(12)18(23)21(2)16(19(24)27-3)11-13-7-9-14(10-8-13)22(25)26/h4-10,16H,11H2,1-3H3. The summed E-state index contributed by atoms with van der Waals surface area (Å²) in [5.41, 5.74) is 1.62. The monoisotopic (exact) mass is 390 g/mol. The molecule has 2 aromatic carbocycles. The van der Waals surface area contributed by atoms with Gasteiger partial charge in [0.15, 0.2) is 0 Å². The molecule has 0 aromatic heterocycles. The number of hydrogen-bond acceptors (Lipinski definition) is 5. The van der Waals surface area contributed by atoms with E-state index in [-0.39, 0.29) is 12.1 Å². The summed E-state index contributed by atoms with van der Waals surface area (Å²) in [4.78, 5) is 36.8. The zero-order valence-electron chi connectivity index (χ0n) is 15.1. The third kappa shape index (κ3) is 4.62. The Balaban J connectivity index is 2.31. The Morgan fingerprint density at radius 3 is 2.37 bits per heavy atom. The molecule has 0 aliphatic heterocycles. The molecule has 0 saturated heterocycles. The second-order valence-corrected chi connectivity index (χ2v) is 6.42. The largest absolute Gasteiger partial charge is 0.467 e. The molecule has 1 atom stereocenters. The maximum absolute atomic E-state index is 12.9. The van der Waals surface area contributed by atoms with Crippen LogP contribution in [-0.4, -0.2) is 41.9 Å². The minimum Gasteiger partial charge on any atom is -0.467 e. The Hall–Kier alpha value is -2.93. The van der Waals surface area contributed by atoms with Crippen molar-refractivity contribution >= 4 is 29.2 Å². The van der Waals surface area contributed by atoms with Crippen molar-refractivity contribution in [3.63, 3.8) is 0 Å². The van der Waals surface area contributed by atoms with E-state index >= 15 is 0 Å². The summed E-state index contributed by atoms with van der Waals surface area (Å²) in [6, 6.07) is 10.0. The Labute approximate surface area is 161 Å². The molecule has 0 N–H and O–H groups in total. The minimum absolute atomic E-state index is 0.0514. The zero-order chi connectivity index (χ0) is 20.1. The molecule has 0 fully saturated rings. The van der Waals surface area contributed by atoms with Gasteiger partial charge in [-0.3, -0.25) is 14.9 Å². The van der Waals surface area contributed by atoms with Gasteiger partial charge in [0.2, 0.25) is 0 Å². The lowest BCUT2D eigenvalue weighted by Crippen LogP contribution is -2.44. The molecule has 0 saturated carbocycles. The van der Waals surface area contributed by atoms with Gasteiger partial charge in [-0.1, -0.05) is 35.9 Å². The summed E-state index contributed by atoms with van der Waals surface area (Å²) in [7, 11) is 2.74. The van der Waals surface area contributed by atoms with E-state index in [1.807, 2.05) is 0 Å². The molecule has 1 amide bonds. The molecule has 142 valence electrons. The van der Waals surface area contributed by atoms with Gasteiger partial charge in [0.25, 0.3) is 11.6 Å². The summed E-state index contributed by atoms with van der Waals surface area (Å²) in [5.74, 6) is -0.996. The molecule has 0 bridgehead atoms. The van der Waals surface area contributed by atoms with Crippen molar-refractivity contribution < 1.29 is 19.2 Å². The number of carbonyl (C=O) groups is 2. The van der Waals surface area contributed by atoms with Crippen LogP contribution in [-0.2, 0) is 16.0 Å². The molecule has 0 aliphatic carbocycles. The number of nitro groups is 1. The van der Waals surface area contributed by atoms with E-state index in [0.717, 1.165) is 0 Å². The van der Waals surface area contributed by atoms with Gasteiger partial charge < -0.3 is 9.64 Å².